The summed E-state index contributed by atoms with van der Waals surface area (Å²) in [6, 6.07) is 0. The number of imidazole rings is 1. The van der Waals surface area contributed by atoms with E-state index in [0.717, 1.165) is 0 Å². The largest absolute Gasteiger partial charge is 0.461 e. The molecule has 0 spiro atoms. The second-order valence-electron chi connectivity index (χ2n) is 2.48. The quantitative estimate of drug-likeness (QED) is 0.668. The maximum Gasteiger partial charge on any atom is 0.356 e. The highest BCUT2D eigenvalue weighted by atomic mass is 16.5. The van der Waals surface area contributed by atoms with Gasteiger partial charge >= 0.3 is 5.97 Å². The maximum absolute atomic E-state index is 11.3. The van der Waals surface area contributed by atoms with Crippen molar-refractivity contribution in [2.45, 2.75) is 13.5 Å². The van der Waals surface area contributed by atoms with Crippen molar-refractivity contribution in [1.29, 1.82) is 0 Å². The van der Waals surface area contributed by atoms with Crippen molar-refractivity contribution in [2.75, 3.05) is 13.2 Å². The van der Waals surface area contributed by atoms with E-state index in [9.17, 15) is 4.79 Å². The van der Waals surface area contributed by atoms with Gasteiger partial charge in [0, 0.05) is 13.1 Å². The van der Waals surface area contributed by atoms with Crippen LogP contribution in [0.15, 0.2) is 12.5 Å². The molecule has 0 bridgehead atoms. The van der Waals surface area contributed by atoms with Gasteiger partial charge in [-0.25, -0.2) is 9.78 Å². The lowest BCUT2D eigenvalue weighted by atomic mass is 10.4. The molecule has 0 aliphatic heterocycles. The molecule has 0 unspecified atom stereocenters. The Labute approximate surface area is 76.5 Å². The summed E-state index contributed by atoms with van der Waals surface area (Å²) < 4.78 is 6.51. The van der Waals surface area contributed by atoms with E-state index in [1.165, 1.54) is 6.20 Å². The Bertz CT molecular complexity index is 283. The summed E-state index contributed by atoms with van der Waals surface area (Å²) in [5.41, 5.74) is 5.81. The van der Waals surface area contributed by atoms with Crippen LogP contribution in [0.4, 0.5) is 0 Å². The molecule has 0 aliphatic carbocycles. The number of rotatable bonds is 4. The van der Waals surface area contributed by atoms with Crippen molar-refractivity contribution in [3.63, 3.8) is 0 Å². The molecule has 0 aromatic carbocycles. The van der Waals surface area contributed by atoms with Crippen LogP contribution >= 0.6 is 0 Å². The SMILES string of the molecule is CCOC(=O)c1cncn1CCN. The summed E-state index contributed by atoms with van der Waals surface area (Å²) in [6.45, 7) is 3.19. The monoisotopic (exact) mass is 183 g/mol. The molecule has 0 saturated carbocycles. The molecule has 1 rings (SSSR count). The van der Waals surface area contributed by atoms with Crippen molar-refractivity contribution < 1.29 is 9.53 Å². The number of nitrogens with zero attached hydrogens (tertiary/aromatic N) is 2. The van der Waals surface area contributed by atoms with Crippen LogP contribution in [0.3, 0.4) is 0 Å². The standard InChI is InChI=1S/C8H13N3O2/c1-2-13-8(12)7-5-10-6-11(7)4-3-9/h5-6H,2-4,9H2,1H3. The van der Waals surface area contributed by atoms with Crippen molar-refractivity contribution in [1.82, 2.24) is 9.55 Å². The van der Waals surface area contributed by atoms with E-state index in [0.29, 0.717) is 25.4 Å². The van der Waals surface area contributed by atoms with Crippen LogP contribution in [-0.2, 0) is 11.3 Å². The Morgan fingerprint density at radius 3 is 3.15 bits per heavy atom. The van der Waals surface area contributed by atoms with Gasteiger partial charge in [-0.15, -0.1) is 0 Å². The van der Waals surface area contributed by atoms with E-state index in [1.54, 1.807) is 17.8 Å². The minimum atomic E-state index is -0.353. The average Bonchev–Trinajstić information content (AvgIpc) is 2.54. The number of nitrogens with two attached hydrogens (primary N) is 1. The van der Waals surface area contributed by atoms with Crippen LogP contribution in [-0.4, -0.2) is 28.7 Å². The van der Waals surface area contributed by atoms with E-state index < -0.39 is 0 Å². The summed E-state index contributed by atoms with van der Waals surface area (Å²) in [4.78, 5) is 15.1. The number of hydrogen-bond acceptors (Lipinski definition) is 4. The van der Waals surface area contributed by atoms with Gasteiger partial charge in [0.1, 0.15) is 5.69 Å². The van der Waals surface area contributed by atoms with Crippen molar-refractivity contribution in [2.24, 2.45) is 5.73 Å². The minimum Gasteiger partial charge on any atom is -0.461 e. The van der Waals surface area contributed by atoms with Gasteiger partial charge in [-0.3, -0.25) is 0 Å². The Morgan fingerprint density at radius 1 is 1.77 bits per heavy atom. The molecule has 0 radical (unpaired) electrons. The van der Waals surface area contributed by atoms with Crippen molar-refractivity contribution >= 4 is 5.97 Å². The molecule has 0 aliphatic rings. The number of hydrogen-bond donors (Lipinski definition) is 1. The summed E-state index contributed by atoms with van der Waals surface area (Å²) in [5, 5.41) is 0. The zero-order valence-electron chi connectivity index (χ0n) is 7.56. The Morgan fingerprint density at radius 2 is 2.54 bits per heavy atom. The molecule has 0 saturated heterocycles. The molecule has 5 nitrogen and oxygen atoms in total. The summed E-state index contributed by atoms with van der Waals surface area (Å²) in [6.07, 6.45) is 3.05. The van der Waals surface area contributed by atoms with E-state index >= 15 is 0 Å². The maximum atomic E-state index is 11.3. The molecule has 0 atom stereocenters. The zero-order chi connectivity index (χ0) is 9.68. The molecule has 2 N–H and O–H groups in total. The fourth-order valence-corrected chi connectivity index (χ4v) is 1.01. The first kappa shape index (κ1) is 9.73. The van der Waals surface area contributed by atoms with E-state index in [4.69, 9.17) is 10.5 Å². The van der Waals surface area contributed by atoms with Crippen LogP contribution in [0.1, 0.15) is 17.4 Å². The molecular weight excluding hydrogens is 170 g/mol. The van der Waals surface area contributed by atoms with Crippen LogP contribution < -0.4 is 5.73 Å². The summed E-state index contributed by atoms with van der Waals surface area (Å²) >= 11 is 0. The Balaban J connectivity index is 2.74. The molecule has 5 heteroatoms. The van der Waals surface area contributed by atoms with Crippen molar-refractivity contribution in [3.05, 3.63) is 18.2 Å². The summed E-state index contributed by atoms with van der Waals surface area (Å²) in [7, 11) is 0. The van der Waals surface area contributed by atoms with Gasteiger partial charge in [0.2, 0.25) is 0 Å². The fourth-order valence-electron chi connectivity index (χ4n) is 1.01. The van der Waals surface area contributed by atoms with Gasteiger partial charge in [0.15, 0.2) is 0 Å². The van der Waals surface area contributed by atoms with E-state index in [2.05, 4.69) is 4.98 Å². The molecule has 1 aromatic rings. The van der Waals surface area contributed by atoms with Crippen LogP contribution in [0, 0.1) is 0 Å². The predicted molar refractivity (Wildman–Crippen MR) is 47.2 cm³/mol. The third-order valence-corrected chi connectivity index (χ3v) is 1.57. The van der Waals surface area contributed by atoms with Gasteiger partial charge in [0.05, 0.1) is 19.1 Å². The first-order chi connectivity index (χ1) is 6.29. The highest BCUT2D eigenvalue weighted by molar-refractivity contribution is 5.87. The van der Waals surface area contributed by atoms with Gasteiger partial charge in [-0.1, -0.05) is 0 Å². The van der Waals surface area contributed by atoms with Gasteiger partial charge in [-0.2, -0.15) is 0 Å². The van der Waals surface area contributed by atoms with E-state index in [1.807, 2.05) is 0 Å². The number of carbonyl (C=O) groups excluding carboxylic acids is 1. The average molecular weight is 183 g/mol. The molecular formula is C8H13N3O2. The molecule has 72 valence electrons. The number of esters is 1. The lowest BCUT2D eigenvalue weighted by molar-refractivity contribution is 0.0514. The number of ether oxygens (including phenoxy) is 1. The second-order valence-corrected chi connectivity index (χ2v) is 2.48. The zero-order valence-corrected chi connectivity index (χ0v) is 7.56. The number of aromatic nitrogens is 2. The smallest absolute Gasteiger partial charge is 0.356 e. The number of carbonyl (C=O) groups is 1. The predicted octanol–water partition coefficient (Wildman–Crippen LogP) is 0.0185. The second kappa shape index (κ2) is 4.61. The van der Waals surface area contributed by atoms with Crippen LogP contribution in [0.5, 0.6) is 0 Å². The normalized spacial score (nSPS) is 10.0. The fraction of sp³-hybridized carbons (Fsp3) is 0.500. The molecule has 0 amide bonds. The molecule has 1 aromatic heterocycles. The van der Waals surface area contributed by atoms with Crippen molar-refractivity contribution in [3.8, 4) is 0 Å². The van der Waals surface area contributed by atoms with Crippen LogP contribution in [0.2, 0.25) is 0 Å². The van der Waals surface area contributed by atoms with Crippen LogP contribution in [0.25, 0.3) is 0 Å². The molecule has 1 heterocycles. The highest BCUT2D eigenvalue weighted by Crippen LogP contribution is 2.00. The lowest BCUT2D eigenvalue weighted by Gasteiger charge is -2.04. The Hall–Kier alpha value is -1.36. The first-order valence-corrected chi connectivity index (χ1v) is 4.17. The van der Waals surface area contributed by atoms with Gasteiger partial charge in [-0.05, 0) is 6.92 Å². The minimum absolute atomic E-state index is 0.353. The highest BCUT2D eigenvalue weighted by Gasteiger charge is 2.11. The van der Waals surface area contributed by atoms with Gasteiger partial charge < -0.3 is 15.0 Å². The molecule has 0 fully saturated rings. The Kier molecular flexibility index (Phi) is 3.45. The van der Waals surface area contributed by atoms with E-state index in [-0.39, 0.29) is 5.97 Å². The topological polar surface area (TPSA) is 70.1 Å². The third kappa shape index (κ3) is 2.29. The first-order valence-electron chi connectivity index (χ1n) is 4.17. The summed E-state index contributed by atoms with van der Waals surface area (Å²) in [5.74, 6) is -0.353. The third-order valence-electron chi connectivity index (χ3n) is 1.57. The lowest BCUT2D eigenvalue weighted by Crippen LogP contribution is -2.16. The molecule has 13 heavy (non-hydrogen) atoms. The van der Waals surface area contributed by atoms with Gasteiger partial charge in [0.25, 0.3) is 0 Å².